The molecule has 160 valence electrons. The van der Waals surface area contributed by atoms with Crippen molar-refractivity contribution >= 4 is 20.2 Å². The lowest BCUT2D eigenvalue weighted by Gasteiger charge is -2.41. The van der Waals surface area contributed by atoms with Crippen LogP contribution < -0.4 is 0 Å². The minimum atomic E-state index is -2.09. The SMILES string of the molecule is CCOC1C=CC(=O)[C@@H](CO[Si](C)(C)C(C)(C)C)N1C(=O)OCc1ccccc1. The van der Waals surface area contributed by atoms with Crippen LogP contribution in [0.1, 0.15) is 33.3 Å². The third kappa shape index (κ3) is 6.01. The predicted molar refractivity (Wildman–Crippen MR) is 115 cm³/mol. The Hall–Kier alpha value is -1.96. The Morgan fingerprint density at radius 3 is 2.41 bits per heavy atom. The molecule has 1 amide bonds. The van der Waals surface area contributed by atoms with Gasteiger partial charge >= 0.3 is 6.09 Å². The molecule has 0 saturated heterocycles. The fourth-order valence-corrected chi connectivity index (χ4v) is 3.70. The first kappa shape index (κ1) is 23.3. The average Bonchev–Trinajstić information content (AvgIpc) is 2.66. The smallest absolute Gasteiger partial charge is 0.413 e. The zero-order valence-corrected chi connectivity index (χ0v) is 19.3. The van der Waals surface area contributed by atoms with E-state index in [2.05, 4.69) is 33.9 Å². The second-order valence-corrected chi connectivity index (χ2v) is 13.5. The summed E-state index contributed by atoms with van der Waals surface area (Å²) in [6.07, 6.45) is 1.82. The van der Waals surface area contributed by atoms with Crippen molar-refractivity contribution in [3.63, 3.8) is 0 Å². The molecule has 0 spiro atoms. The van der Waals surface area contributed by atoms with Gasteiger partial charge < -0.3 is 13.9 Å². The van der Waals surface area contributed by atoms with Crippen molar-refractivity contribution in [2.45, 2.75) is 64.7 Å². The molecule has 0 saturated carbocycles. The quantitative estimate of drug-likeness (QED) is 0.608. The molecule has 1 aromatic carbocycles. The van der Waals surface area contributed by atoms with Gasteiger partial charge in [0.15, 0.2) is 20.3 Å². The lowest BCUT2D eigenvalue weighted by atomic mass is 10.1. The molecule has 2 atom stereocenters. The van der Waals surface area contributed by atoms with Crippen LogP contribution in [-0.2, 0) is 25.3 Å². The molecule has 0 aliphatic carbocycles. The van der Waals surface area contributed by atoms with Crippen molar-refractivity contribution in [2.24, 2.45) is 0 Å². The lowest BCUT2D eigenvalue weighted by Crippen LogP contribution is -2.56. The molecule has 1 aromatic rings. The molecular weight excluding hydrogens is 386 g/mol. The van der Waals surface area contributed by atoms with E-state index in [1.54, 1.807) is 6.08 Å². The zero-order valence-electron chi connectivity index (χ0n) is 18.3. The third-order valence-corrected chi connectivity index (χ3v) is 10.0. The van der Waals surface area contributed by atoms with Crippen LogP contribution in [0.15, 0.2) is 42.5 Å². The van der Waals surface area contributed by atoms with Crippen LogP contribution >= 0.6 is 0 Å². The maximum Gasteiger partial charge on any atom is 0.413 e. The first-order valence-corrected chi connectivity index (χ1v) is 12.9. The summed E-state index contributed by atoms with van der Waals surface area (Å²) >= 11 is 0. The number of amides is 1. The van der Waals surface area contributed by atoms with Gasteiger partial charge in [0.1, 0.15) is 12.6 Å². The molecule has 6 nitrogen and oxygen atoms in total. The highest BCUT2D eigenvalue weighted by molar-refractivity contribution is 6.74. The van der Waals surface area contributed by atoms with Gasteiger partial charge in [0, 0.05) is 6.61 Å². The summed E-state index contributed by atoms with van der Waals surface area (Å²) in [6.45, 7) is 13.2. The van der Waals surface area contributed by atoms with E-state index in [9.17, 15) is 9.59 Å². The lowest BCUT2D eigenvalue weighted by molar-refractivity contribution is -0.128. The van der Waals surface area contributed by atoms with E-state index in [1.807, 2.05) is 37.3 Å². The van der Waals surface area contributed by atoms with Crippen molar-refractivity contribution in [3.05, 3.63) is 48.0 Å². The van der Waals surface area contributed by atoms with Crippen molar-refractivity contribution in [2.75, 3.05) is 13.2 Å². The first-order valence-electron chi connectivity index (χ1n) is 10.0. The van der Waals surface area contributed by atoms with Crippen LogP contribution in [0.4, 0.5) is 4.79 Å². The molecular formula is C22H33NO5Si. The number of hydrogen-bond donors (Lipinski definition) is 0. The summed E-state index contributed by atoms with van der Waals surface area (Å²) < 4.78 is 17.4. The maximum absolute atomic E-state index is 12.9. The van der Waals surface area contributed by atoms with Crippen molar-refractivity contribution < 1.29 is 23.5 Å². The average molecular weight is 420 g/mol. The first-order chi connectivity index (χ1) is 13.6. The summed E-state index contributed by atoms with van der Waals surface area (Å²) in [5, 5.41) is -0.00147. The Morgan fingerprint density at radius 2 is 1.83 bits per heavy atom. The second-order valence-electron chi connectivity index (χ2n) is 8.64. The maximum atomic E-state index is 12.9. The fourth-order valence-electron chi connectivity index (χ4n) is 2.69. The highest BCUT2D eigenvalue weighted by atomic mass is 28.4. The predicted octanol–water partition coefficient (Wildman–Crippen LogP) is 4.52. The van der Waals surface area contributed by atoms with Gasteiger partial charge in [-0.2, -0.15) is 0 Å². The Labute approximate surface area is 175 Å². The van der Waals surface area contributed by atoms with E-state index >= 15 is 0 Å². The number of nitrogens with zero attached hydrogens (tertiary/aromatic N) is 1. The van der Waals surface area contributed by atoms with Gasteiger partial charge in [0.05, 0.1) is 6.61 Å². The molecule has 2 rings (SSSR count). The molecule has 1 aliphatic rings. The largest absolute Gasteiger partial charge is 0.444 e. The number of carbonyl (C=O) groups excluding carboxylic acids is 2. The molecule has 29 heavy (non-hydrogen) atoms. The second kappa shape index (κ2) is 9.69. The van der Waals surface area contributed by atoms with Crippen LogP contribution in [0.5, 0.6) is 0 Å². The standard InChI is InChI=1S/C22H33NO5Si/c1-7-26-20-14-13-19(24)18(16-28-29(5,6)22(2,3)4)23(20)21(25)27-15-17-11-9-8-10-12-17/h8-14,18,20H,7,15-16H2,1-6H3/t18-,20?/m1/s1. The number of hydrogen-bond acceptors (Lipinski definition) is 5. The van der Waals surface area contributed by atoms with Crippen LogP contribution in [-0.4, -0.2) is 50.6 Å². The summed E-state index contributed by atoms with van der Waals surface area (Å²) in [5.41, 5.74) is 0.877. The minimum Gasteiger partial charge on any atom is -0.444 e. The van der Waals surface area contributed by atoms with Crippen molar-refractivity contribution in [1.82, 2.24) is 4.90 Å². The van der Waals surface area contributed by atoms with Crippen LogP contribution in [0, 0.1) is 0 Å². The Balaban J connectivity index is 2.17. The van der Waals surface area contributed by atoms with Crippen LogP contribution in [0.25, 0.3) is 0 Å². The van der Waals surface area contributed by atoms with Gasteiger partial charge in [-0.25, -0.2) is 4.79 Å². The van der Waals surface area contributed by atoms with E-state index in [1.165, 1.54) is 11.0 Å². The van der Waals surface area contributed by atoms with Gasteiger partial charge in [-0.1, -0.05) is 51.1 Å². The topological polar surface area (TPSA) is 65.1 Å². The van der Waals surface area contributed by atoms with E-state index in [-0.39, 0.29) is 24.0 Å². The van der Waals surface area contributed by atoms with E-state index in [0.29, 0.717) is 6.61 Å². The fraction of sp³-hybridized carbons (Fsp3) is 0.545. The molecule has 1 heterocycles. The monoisotopic (exact) mass is 419 g/mol. The number of benzene rings is 1. The van der Waals surface area contributed by atoms with Gasteiger partial charge in [-0.05, 0) is 42.8 Å². The normalized spacial score (nSPS) is 20.1. The van der Waals surface area contributed by atoms with E-state index in [0.717, 1.165) is 5.56 Å². The number of carbonyl (C=O) groups is 2. The van der Waals surface area contributed by atoms with Gasteiger partial charge in [0.2, 0.25) is 0 Å². The van der Waals surface area contributed by atoms with Crippen molar-refractivity contribution in [1.29, 1.82) is 0 Å². The number of rotatable bonds is 7. The molecule has 0 aromatic heterocycles. The molecule has 7 heteroatoms. The Bertz CT molecular complexity index is 726. The van der Waals surface area contributed by atoms with Crippen LogP contribution in [0.2, 0.25) is 18.1 Å². The Kier molecular flexibility index (Phi) is 7.79. The molecule has 0 fully saturated rings. The summed E-state index contributed by atoms with van der Waals surface area (Å²) in [6, 6.07) is 8.66. The third-order valence-electron chi connectivity index (χ3n) is 5.53. The minimum absolute atomic E-state index is 0.00147. The molecule has 0 radical (unpaired) electrons. The Morgan fingerprint density at radius 1 is 1.17 bits per heavy atom. The van der Waals surface area contributed by atoms with Gasteiger partial charge in [-0.3, -0.25) is 9.69 Å². The van der Waals surface area contributed by atoms with Gasteiger partial charge in [0.25, 0.3) is 0 Å². The highest BCUT2D eigenvalue weighted by Gasteiger charge is 2.42. The van der Waals surface area contributed by atoms with Crippen molar-refractivity contribution in [3.8, 4) is 0 Å². The summed E-state index contributed by atoms with van der Waals surface area (Å²) in [7, 11) is -2.09. The summed E-state index contributed by atoms with van der Waals surface area (Å²) in [5.74, 6) is -0.184. The molecule has 1 aliphatic heterocycles. The van der Waals surface area contributed by atoms with Gasteiger partial charge in [-0.15, -0.1) is 0 Å². The molecule has 0 N–H and O–H groups in total. The highest BCUT2D eigenvalue weighted by Crippen LogP contribution is 2.37. The molecule has 1 unspecified atom stereocenters. The summed E-state index contributed by atoms with van der Waals surface area (Å²) in [4.78, 5) is 26.9. The number of ether oxygens (including phenoxy) is 2. The zero-order chi connectivity index (χ0) is 21.7. The van der Waals surface area contributed by atoms with E-state index in [4.69, 9.17) is 13.9 Å². The van der Waals surface area contributed by atoms with E-state index < -0.39 is 26.7 Å². The van der Waals surface area contributed by atoms with Crippen LogP contribution in [0.3, 0.4) is 0 Å². The number of ketones is 1. The molecule has 0 bridgehead atoms.